The van der Waals surface area contributed by atoms with Crippen LogP contribution in [0.25, 0.3) is 0 Å². The van der Waals surface area contributed by atoms with Crippen LogP contribution in [0.15, 0.2) is 35.4 Å². The van der Waals surface area contributed by atoms with Gasteiger partial charge in [0.15, 0.2) is 0 Å². The van der Waals surface area contributed by atoms with Gasteiger partial charge in [-0.3, -0.25) is 14.2 Å². The molecule has 1 heterocycles. The summed E-state index contributed by atoms with van der Waals surface area (Å²) in [6.45, 7) is 3.01. The Morgan fingerprint density at radius 1 is 1.29 bits per heavy atom. The Labute approximate surface area is 123 Å². The number of carbonyl (C=O) groups is 1. The normalized spacial score (nSPS) is 11.2. The standard InChI is InChI=1S/C13H16N4O3S/c1-9-13(8-17(3)15-9)21(19,20)16-12-6-4-5-11(7-12)14-10(2)18/h4-8,16H,1-3H3,(H,14,18). The predicted octanol–water partition coefficient (Wildman–Crippen LogP) is 1.49. The quantitative estimate of drug-likeness (QED) is 0.895. The molecule has 0 aliphatic carbocycles. The molecule has 21 heavy (non-hydrogen) atoms. The van der Waals surface area contributed by atoms with Crippen molar-refractivity contribution >= 4 is 27.3 Å². The number of sulfonamides is 1. The maximum Gasteiger partial charge on any atom is 0.265 e. The van der Waals surface area contributed by atoms with Crippen LogP contribution in [-0.4, -0.2) is 24.1 Å². The first kappa shape index (κ1) is 15.0. The molecule has 2 rings (SSSR count). The summed E-state index contributed by atoms with van der Waals surface area (Å²) in [6, 6.07) is 6.48. The highest BCUT2D eigenvalue weighted by Gasteiger charge is 2.19. The molecule has 1 amide bonds. The van der Waals surface area contributed by atoms with E-state index in [1.54, 1.807) is 38.2 Å². The van der Waals surface area contributed by atoms with E-state index in [1.807, 2.05) is 0 Å². The lowest BCUT2D eigenvalue weighted by molar-refractivity contribution is -0.114. The second-order valence-electron chi connectivity index (χ2n) is 4.62. The Balaban J connectivity index is 2.28. The van der Waals surface area contributed by atoms with E-state index in [0.29, 0.717) is 17.1 Å². The summed E-state index contributed by atoms with van der Waals surface area (Å²) in [7, 11) is -2.06. The summed E-state index contributed by atoms with van der Waals surface area (Å²) < 4.78 is 28.5. The highest BCUT2D eigenvalue weighted by molar-refractivity contribution is 7.92. The van der Waals surface area contributed by atoms with Crippen molar-refractivity contribution in [1.82, 2.24) is 9.78 Å². The Morgan fingerprint density at radius 2 is 1.95 bits per heavy atom. The molecule has 0 saturated heterocycles. The van der Waals surface area contributed by atoms with Crippen LogP contribution in [0.1, 0.15) is 12.6 Å². The monoisotopic (exact) mass is 308 g/mol. The van der Waals surface area contributed by atoms with Gasteiger partial charge in [-0.15, -0.1) is 0 Å². The van der Waals surface area contributed by atoms with E-state index in [1.165, 1.54) is 17.8 Å². The molecule has 0 fully saturated rings. The molecule has 112 valence electrons. The summed E-state index contributed by atoms with van der Waals surface area (Å²) in [5.41, 5.74) is 1.30. The molecule has 8 heteroatoms. The van der Waals surface area contributed by atoms with E-state index >= 15 is 0 Å². The molecule has 0 aliphatic heterocycles. The van der Waals surface area contributed by atoms with Gasteiger partial charge in [0, 0.05) is 25.9 Å². The van der Waals surface area contributed by atoms with Crippen molar-refractivity contribution in [2.45, 2.75) is 18.7 Å². The van der Waals surface area contributed by atoms with Crippen LogP contribution in [0.2, 0.25) is 0 Å². The Kier molecular flexibility index (Phi) is 3.99. The highest BCUT2D eigenvalue weighted by atomic mass is 32.2. The fourth-order valence-corrected chi connectivity index (χ4v) is 3.18. The number of anilines is 2. The average Bonchev–Trinajstić information content (AvgIpc) is 2.68. The number of aryl methyl sites for hydroxylation is 2. The van der Waals surface area contributed by atoms with Crippen LogP contribution < -0.4 is 10.0 Å². The zero-order chi connectivity index (χ0) is 15.6. The second kappa shape index (κ2) is 5.57. The molecule has 0 unspecified atom stereocenters. The number of nitrogens with zero attached hydrogens (tertiary/aromatic N) is 2. The van der Waals surface area contributed by atoms with Gasteiger partial charge in [-0.1, -0.05) is 6.07 Å². The highest BCUT2D eigenvalue weighted by Crippen LogP contribution is 2.20. The molecule has 7 nitrogen and oxygen atoms in total. The molecular formula is C13H16N4O3S. The minimum absolute atomic E-state index is 0.120. The molecule has 0 aliphatic rings. The Bertz CT molecular complexity index is 780. The number of amides is 1. The Morgan fingerprint density at radius 3 is 2.52 bits per heavy atom. The predicted molar refractivity (Wildman–Crippen MR) is 79.5 cm³/mol. The van der Waals surface area contributed by atoms with E-state index in [9.17, 15) is 13.2 Å². The molecule has 0 spiro atoms. The van der Waals surface area contributed by atoms with Crippen molar-refractivity contribution in [2.24, 2.45) is 7.05 Å². The summed E-state index contributed by atoms with van der Waals surface area (Å²) in [6.07, 6.45) is 1.44. The molecule has 1 aromatic carbocycles. The third-order valence-electron chi connectivity index (χ3n) is 2.69. The van der Waals surface area contributed by atoms with Gasteiger partial charge in [0.25, 0.3) is 10.0 Å². The number of rotatable bonds is 4. The lowest BCUT2D eigenvalue weighted by atomic mass is 10.3. The van der Waals surface area contributed by atoms with Gasteiger partial charge in [-0.25, -0.2) is 8.42 Å². The topological polar surface area (TPSA) is 93.1 Å². The molecule has 2 N–H and O–H groups in total. The van der Waals surface area contributed by atoms with Crippen LogP contribution in [-0.2, 0) is 21.9 Å². The van der Waals surface area contributed by atoms with Gasteiger partial charge in [-0.2, -0.15) is 5.10 Å². The molecular weight excluding hydrogens is 292 g/mol. The molecule has 0 atom stereocenters. The summed E-state index contributed by atoms with van der Waals surface area (Å²) in [5, 5.41) is 6.61. The lowest BCUT2D eigenvalue weighted by Gasteiger charge is -2.09. The van der Waals surface area contributed by atoms with Gasteiger partial charge in [-0.05, 0) is 25.1 Å². The van der Waals surface area contributed by atoms with Crippen molar-refractivity contribution in [3.05, 3.63) is 36.2 Å². The summed E-state index contributed by atoms with van der Waals surface area (Å²) >= 11 is 0. The van der Waals surface area contributed by atoms with Crippen molar-refractivity contribution in [2.75, 3.05) is 10.0 Å². The second-order valence-corrected chi connectivity index (χ2v) is 6.27. The molecule has 0 bridgehead atoms. The number of benzene rings is 1. The van der Waals surface area contributed by atoms with E-state index < -0.39 is 10.0 Å². The third-order valence-corrected chi connectivity index (χ3v) is 4.18. The van der Waals surface area contributed by atoms with Crippen LogP contribution in [0, 0.1) is 6.92 Å². The van der Waals surface area contributed by atoms with Gasteiger partial charge in [0.05, 0.1) is 11.4 Å². The van der Waals surface area contributed by atoms with Gasteiger partial charge in [0.2, 0.25) is 5.91 Å². The largest absolute Gasteiger partial charge is 0.326 e. The fourth-order valence-electron chi connectivity index (χ4n) is 1.92. The van der Waals surface area contributed by atoms with Crippen molar-refractivity contribution in [3.8, 4) is 0 Å². The maximum absolute atomic E-state index is 12.3. The van der Waals surface area contributed by atoms with E-state index in [2.05, 4.69) is 15.1 Å². The molecule has 0 saturated carbocycles. The van der Waals surface area contributed by atoms with Gasteiger partial charge in [0.1, 0.15) is 4.90 Å². The summed E-state index contributed by atoms with van der Waals surface area (Å²) in [4.78, 5) is 11.1. The average molecular weight is 308 g/mol. The SMILES string of the molecule is CC(=O)Nc1cccc(NS(=O)(=O)c2cn(C)nc2C)c1. The van der Waals surface area contributed by atoms with Gasteiger partial charge < -0.3 is 5.32 Å². The minimum atomic E-state index is -3.71. The van der Waals surface area contributed by atoms with Crippen molar-refractivity contribution < 1.29 is 13.2 Å². The van der Waals surface area contributed by atoms with Crippen molar-refractivity contribution in [1.29, 1.82) is 0 Å². The number of carbonyl (C=O) groups excluding carboxylic acids is 1. The first-order chi connectivity index (χ1) is 9.78. The molecule has 1 aromatic heterocycles. The maximum atomic E-state index is 12.3. The number of nitrogens with one attached hydrogen (secondary N) is 2. The smallest absolute Gasteiger partial charge is 0.265 e. The van der Waals surface area contributed by atoms with E-state index in [4.69, 9.17) is 0 Å². The molecule has 2 aromatic rings. The van der Waals surface area contributed by atoms with Crippen molar-refractivity contribution in [3.63, 3.8) is 0 Å². The first-order valence-corrected chi connectivity index (χ1v) is 7.67. The van der Waals surface area contributed by atoms with Crippen LogP contribution in [0.3, 0.4) is 0 Å². The fraction of sp³-hybridized carbons (Fsp3) is 0.231. The zero-order valence-corrected chi connectivity index (χ0v) is 12.7. The number of hydrogen-bond acceptors (Lipinski definition) is 4. The molecule has 0 radical (unpaired) electrons. The number of hydrogen-bond donors (Lipinski definition) is 2. The summed E-state index contributed by atoms with van der Waals surface area (Å²) in [5.74, 6) is -0.224. The number of aromatic nitrogens is 2. The van der Waals surface area contributed by atoms with Gasteiger partial charge >= 0.3 is 0 Å². The minimum Gasteiger partial charge on any atom is -0.326 e. The van der Waals surface area contributed by atoms with E-state index in [-0.39, 0.29) is 10.8 Å². The zero-order valence-electron chi connectivity index (χ0n) is 11.9. The lowest BCUT2D eigenvalue weighted by Crippen LogP contribution is -2.14. The van der Waals surface area contributed by atoms with Crippen LogP contribution in [0.4, 0.5) is 11.4 Å². The van der Waals surface area contributed by atoms with Crippen LogP contribution >= 0.6 is 0 Å². The van der Waals surface area contributed by atoms with Crippen LogP contribution in [0.5, 0.6) is 0 Å². The third kappa shape index (κ3) is 3.60. The Hall–Kier alpha value is -2.35. The first-order valence-electron chi connectivity index (χ1n) is 6.18. The van der Waals surface area contributed by atoms with E-state index in [0.717, 1.165) is 0 Å².